The van der Waals surface area contributed by atoms with Crippen molar-refractivity contribution in [3.8, 4) is 0 Å². The van der Waals surface area contributed by atoms with Crippen molar-refractivity contribution in [2.75, 3.05) is 6.61 Å². The van der Waals surface area contributed by atoms with Crippen LogP contribution >= 0.6 is 0 Å². The SMILES string of the molecule is OCC1(N[C@@H]2CCCC[C@H]2O)CCCC1. The number of rotatable bonds is 3. The zero-order chi connectivity index (χ0) is 10.7. The fourth-order valence-electron chi connectivity index (χ4n) is 3.07. The van der Waals surface area contributed by atoms with Crippen molar-refractivity contribution >= 4 is 0 Å². The van der Waals surface area contributed by atoms with E-state index in [1.54, 1.807) is 0 Å². The van der Waals surface area contributed by atoms with E-state index < -0.39 is 0 Å². The quantitative estimate of drug-likeness (QED) is 0.660. The molecule has 3 heteroatoms. The lowest BCUT2D eigenvalue weighted by Crippen LogP contribution is -2.55. The van der Waals surface area contributed by atoms with Gasteiger partial charge in [-0.3, -0.25) is 0 Å². The van der Waals surface area contributed by atoms with Crippen LogP contribution in [0.25, 0.3) is 0 Å². The molecule has 2 atom stereocenters. The molecule has 2 rings (SSSR count). The van der Waals surface area contributed by atoms with Gasteiger partial charge >= 0.3 is 0 Å². The van der Waals surface area contributed by atoms with Gasteiger partial charge in [-0.2, -0.15) is 0 Å². The molecule has 2 aliphatic rings. The second-order valence-corrected chi connectivity index (χ2v) is 5.25. The molecule has 2 aliphatic carbocycles. The lowest BCUT2D eigenvalue weighted by Gasteiger charge is -2.37. The monoisotopic (exact) mass is 213 g/mol. The first kappa shape index (κ1) is 11.4. The first-order chi connectivity index (χ1) is 7.26. The summed E-state index contributed by atoms with van der Waals surface area (Å²) in [5.41, 5.74) is -0.0804. The molecule has 0 spiro atoms. The van der Waals surface area contributed by atoms with Crippen molar-refractivity contribution in [3.63, 3.8) is 0 Å². The van der Waals surface area contributed by atoms with Gasteiger partial charge in [0.15, 0.2) is 0 Å². The largest absolute Gasteiger partial charge is 0.394 e. The molecule has 0 amide bonds. The summed E-state index contributed by atoms with van der Waals surface area (Å²) in [7, 11) is 0. The summed E-state index contributed by atoms with van der Waals surface area (Å²) in [6.45, 7) is 0.218. The Hall–Kier alpha value is -0.120. The number of hydrogen-bond acceptors (Lipinski definition) is 3. The molecule has 0 unspecified atom stereocenters. The molecule has 0 aromatic carbocycles. The van der Waals surface area contributed by atoms with E-state index in [-0.39, 0.29) is 24.3 Å². The molecule has 3 N–H and O–H groups in total. The van der Waals surface area contributed by atoms with E-state index in [1.807, 2.05) is 0 Å². The van der Waals surface area contributed by atoms with Crippen molar-refractivity contribution in [1.29, 1.82) is 0 Å². The maximum Gasteiger partial charge on any atom is 0.0693 e. The van der Waals surface area contributed by atoms with E-state index >= 15 is 0 Å². The van der Waals surface area contributed by atoms with Gasteiger partial charge in [0, 0.05) is 11.6 Å². The van der Waals surface area contributed by atoms with Crippen molar-refractivity contribution < 1.29 is 10.2 Å². The lowest BCUT2D eigenvalue weighted by atomic mass is 9.88. The van der Waals surface area contributed by atoms with Crippen LogP contribution in [-0.2, 0) is 0 Å². The first-order valence-electron chi connectivity index (χ1n) is 6.32. The topological polar surface area (TPSA) is 52.5 Å². The molecule has 0 radical (unpaired) electrons. The van der Waals surface area contributed by atoms with Crippen molar-refractivity contribution in [2.45, 2.75) is 69.1 Å². The maximum atomic E-state index is 9.90. The molecule has 0 aromatic heterocycles. The second kappa shape index (κ2) is 4.81. The van der Waals surface area contributed by atoms with Crippen LogP contribution in [0.2, 0.25) is 0 Å². The van der Waals surface area contributed by atoms with Crippen LogP contribution in [0.3, 0.4) is 0 Å². The zero-order valence-corrected chi connectivity index (χ0v) is 9.41. The van der Waals surface area contributed by atoms with Crippen LogP contribution in [0.4, 0.5) is 0 Å². The smallest absolute Gasteiger partial charge is 0.0693 e. The van der Waals surface area contributed by atoms with E-state index in [1.165, 1.54) is 19.3 Å². The third-order valence-corrected chi connectivity index (χ3v) is 4.08. The third kappa shape index (κ3) is 2.52. The Balaban J connectivity index is 1.93. The molecule has 15 heavy (non-hydrogen) atoms. The summed E-state index contributed by atoms with van der Waals surface area (Å²) in [4.78, 5) is 0. The molecule has 0 aliphatic heterocycles. The number of nitrogens with one attached hydrogen (secondary N) is 1. The molecule has 88 valence electrons. The van der Waals surface area contributed by atoms with Gasteiger partial charge in [0.2, 0.25) is 0 Å². The summed E-state index contributed by atoms with van der Waals surface area (Å²) in [6, 6.07) is 0.212. The highest BCUT2D eigenvalue weighted by Crippen LogP contribution is 2.31. The van der Waals surface area contributed by atoms with Crippen molar-refractivity contribution in [2.24, 2.45) is 0 Å². The molecule has 2 saturated carbocycles. The molecular formula is C12H23NO2. The Kier molecular flexibility index (Phi) is 3.65. The Morgan fingerprint density at radius 1 is 1.07 bits per heavy atom. The standard InChI is InChI=1S/C12H23NO2/c14-9-12(7-3-4-8-12)13-10-5-1-2-6-11(10)15/h10-11,13-15H,1-9H2/t10-,11-/m1/s1. The highest BCUT2D eigenvalue weighted by molar-refractivity contribution is 4.96. The van der Waals surface area contributed by atoms with Gasteiger partial charge in [-0.1, -0.05) is 25.7 Å². The van der Waals surface area contributed by atoms with Crippen LogP contribution in [0, 0.1) is 0 Å². The first-order valence-corrected chi connectivity index (χ1v) is 6.32. The van der Waals surface area contributed by atoms with Gasteiger partial charge in [0.25, 0.3) is 0 Å². The van der Waals surface area contributed by atoms with Crippen molar-refractivity contribution in [1.82, 2.24) is 5.32 Å². The lowest BCUT2D eigenvalue weighted by molar-refractivity contribution is 0.0561. The Bertz CT molecular complexity index is 202. The minimum atomic E-state index is -0.206. The van der Waals surface area contributed by atoms with Crippen LogP contribution in [0.15, 0.2) is 0 Å². The highest BCUT2D eigenvalue weighted by atomic mass is 16.3. The average molecular weight is 213 g/mol. The predicted molar refractivity (Wildman–Crippen MR) is 59.7 cm³/mol. The van der Waals surface area contributed by atoms with Crippen LogP contribution < -0.4 is 5.32 Å². The summed E-state index contributed by atoms with van der Waals surface area (Å²) in [6.07, 6.45) is 8.65. The van der Waals surface area contributed by atoms with E-state index in [0.717, 1.165) is 32.1 Å². The number of hydrogen-bond donors (Lipinski definition) is 3. The fraction of sp³-hybridized carbons (Fsp3) is 1.00. The van der Waals surface area contributed by atoms with Crippen LogP contribution in [0.1, 0.15) is 51.4 Å². The molecule has 3 nitrogen and oxygen atoms in total. The predicted octanol–water partition coefficient (Wildman–Crippen LogP) is 1.18. The Morgan fingerprint density at radius 2 is 1.73 bits per heavy atom. The third-order valence-electron chi connectivity index (χ3n) is 4.08. The van der Waals surface area contributed by atoms with Gasteiger partial charge < -0.3 is 15.5 Å². The van der Waals surface area contributed by atoms with E-state index in [0.29, 0.717) is 0 Å². The molecule has 0 aromatic rings. The molecule has 2 fully saturated rings. The van der Waals surface area contributed by atoms with E-state index in [2.05, 4.69) is 5.32 Å². The Morgan fingerprint density at radius 3 is 2.33 bits per heavy atom. The van der Waals surface area contributed by atoms with Gasteiger partial charge in [-0.05, 0) is 25.7 Å². The van der Waals surface area contributed by atoms with Gasteiger partial charge in [-0.25, -0.2) is 0 Å². The van der Waals surface area contributed by atoms with Crippen LogP contribution in [0.5, 0.6) is 0 Å². The Labute approximate surface area is 91.9 Å². The summed E-state index contributed by atoms with van der Waals surface area (Å²) < 4.78 is 0. The summed E-state index contributed by atoms with van der Waals surface area (Å²) >= 11 is 0. The maximum absolute atomic E-state index is 9.90. The van der Waals surface area contributed by atoms with Crippen molar-refractivity contribution in [3.05, 3.63) is 0 Å². The minimum Gasteiger partial charge on any atom is -0.394 e. The molecule has 0 saturated heterocycles. The van der Waals surface area contributed by atoms with Gasteiger partial charge in [0.1, 0.15) is 0 Å². The van der Waals surface area contributed by atoms with Crippen LogP contribution in [-0.4, -0.2) is 34.5 Å². The zero-order valence-electron chi connectivity index (χ0n) is 9.41. The number of aliphatic hydroxyl groups excluding tert-OH is 2. The molecule has 0 heterocycles. The summed E-state index contributed by atoms with van der Waals surface area (Å²) in [5.74, 6) is 0. The number of aliphatic hydroxyl groups is 2. The molecule has 0 bridgehead atoms. The van der Waals surface area contributed by atoms with E-state index in [4.69, 9.17) is 0 Å². The fourth-order valence-corrected chi connectivity index (χ4v) is 3.07. The summed E-state index contributed by atoms with van der Waals surface area (Å²) in [5, 5.41) is 22.9. The minimum absolute atomic E-state index is 0.0804. The van der Waals surface area contributed by atoms with E-state index in [9.17, 15) is 10.2 Å². The highest BCUT2D eigenvalue weighted by Gasteiger charge is 2.37. The molecular weight excluding hydrogens is 190 g/mol. The van der Waals surface area contributed by atoms with Gasteiger partial charge in [-0.15, -0.1) is 0 Å². The van der Waals surface area contributed by atoms with Gasteiger partial charge in [0.05, 0.1) is 12.7 Å². The normalized spacial score (nSPS) is 35.6. The second-order valence-electron chi connectivity index (χ2n) is 5.25. The average Bonchev–Trinajstić information content (AvgIpc) is 2.71.